The van der Waals surface area contributed by atoms with Crippen LogP contribution in [0.4, 0.5) is 13.2 Å². The maximum atomic E-state index is 12.8. The first-order valence-corrected chi connectivity index (χ1v) is 7.95. The van der Waals surface area contributed by atoms with Crippen LogP contribution in [0.1, 0.15) is 11.1 Å². The lowest BCUT2D eigenvalue weighted by molar-refractivity contribution is -0.137. The van der Waals surface area contributed by atoms with Crippen LogP contribution < -0.4 is 5.73 Å². The lowest BCUT2D eigenvalue weighted by atomic mass is 10.1. The van der Waals surface area contributed by atoms with Crippen LogP contribution in [0, 0.1) is 11.3 Å². The minimum absolute atomic E-state index is 0.186. The molecule has 11 heteroatoms. The minimum Gasteiger partial charge on any atom is -0.369 e. The zero-order valence-corrected chi connectivity index (χ0v) is 13.0. The van der Waals surface area contributed by atoms with E-state index in [0.717, 1.165) is 12.1 Å². The Hall–Kier alpha value is -1.83. The Morgan fingerprint density at radius 1 is 1.39 bits per heavy atom. The van der Waals surface area contributed by atoms with E-state index in [0.29, 0.717) is 10.4 Å². The van der Waals surface area contributed by atoms with E-state index in [9.17, 15) is 26.4 Å². The number of sulfonamides is 1. The molecule has 1 rings (SSSR count). The molecule has 0 spiro atoms. The number of primary amides is 1. The molecule has 2 N–H and O–H groups in total. The van der Waals surface area contributed by atoms with Crippen molar-refractivity contribution in [2.45, 2.75) is 11.9 Å². The van der Waals surface area contributed by atoms with E-state index in [1.165, 1.54) is 0 Å². The summed E-state index contributed by atoms with van der Waals surface area (Å²) < 4.78 is 63.0. The molecule has 0 atom stereocenters. The van der Waals surface area contributed by atoms with Crippen molar-refractivity contribution >= 4 is 27.5 Å². The molecule has 0 aliphatic rings. The molecule has 1 aromatic rings. The third-order valence-electron chi connectivity index (χ3n) is 2.66. The molecule has 6 nitrogen and oxygen atoms in total. The van der Waals surface area contributed by atoms with Crippen molar-refractivity contribution in [3.8, 4) is 6.07 Å². The molecule has 0 radical (unpaired) electrons. The highest BCUT2D eigenvalue weighted by Crippen LogP contribution is 2.35. The molecule has 1 aromatic carbocycles. The molecule has 1 amide bonds. The quantitative estimate of drug-likeness (QED) is 0.767. The predicted molar refractivity (Wildman–Crippen MR) is 75.5 cm³/mol. The van der Waals surface area contributed by atoms with Crippen molar-refractivity contribution in [1.29, 1.82) is 5.26 Å². The molecule has 0 saturated heterocycles. The summed E-state index contributed by atoms with van der Waals surface area (Å²) in [6.45, 7) is -1.39. The van der Waals surface area contributed by atoms with Gasteiger partial charge in [-0.3, -0.25) is 4.79 Å². The van der Waals surface area contributed by atoms with Crippen molar-refractivity contribution in [2.75, 3.05) is 13.1 Å². The number of benzene rings is 1. The molecule has 0 aromatic heterocycles. The Balaban J connectivity index is 3.14. The molecule has 0 fully saturated rings. The van der Waals surface area contributed by atoms with Crippen LogP contribution in [0.25, 0.3) is 0 Å². The van der Waals surface area contributed by atoms with Crippen LogP contribution in [0.5, 0.6) is 0 Å². The first kappa shape index (κ1) is 19.2. The monoisotopic (exact) mass is 369 g/mol. The molecule has 0 saturated carbocycles. The first-order valence-electron chi connectivity index (χ1n) is 5.96. The Kier molecular flexibility index (Phi) is 5.98. The van der Waals surface area contributed by atoms with Gasteiger partial charge < -0.3 is 5.73 Å². The van der Waals surface area contributed by atoms with Crippen LogP contribution in [-0.2, 0) is 26.7 Å². The maximum absolute atomic E-state index is 12.8. The van der Waals surface area contributed by atoms with Gasteiger partial charge in [-0.05, 0) is 17.7 Å². The second-order valence-electron chi connectivity index (χ2n) is 4.46. The van der Waals surface area contributed by atoms with E-state index in [4.69, 9.17) is 22.6 Å². The number of nitrogens with zero attached hydrogens (tertiary/aromatic N) is 2. The van der Waals surface area contributed by atoms with Crippen LogP contribution in [0.15, 0.2) is 18.2 Å². The maximum Gasteiger partial charge on any atom is 0.417 e. The number of rotatable bonds is 6. The summed E-state index contributed by atoms with van der Waals surface area (Å²) >= 11 is 5.45. The number of nitriles is 1. The average molecular weight is 370 g/mol. The fourth-order valence-corrected chi connectivity index (χ4v) is 3.27. The van der Waals surface area contributed by atoms with Crippen molar-refractivity contribution < 1.29 is 26.4 Å². The SMILES string of the molecule is N#CCN(CC(N)=O)S(=O)(=O)Cc1ccc(Cl)c(C(F)(F)F)c1. The summed E-state index contributed by atoms with van der Waals surface area (Å²) in [6, 6.07) is 4.20. The largest absolute Gasteiger partial charge is 0.417 e. The lowest BCUT2D eigenvalue weighted by Gasteiger charge is -2.18. The number of hydrogen-bond acceptors (Lipinski definition) is 4. The van der Waals surface area contributed by atoms with E-state index >= 15 is 0 Å². The zero-order chi connectivity index (χ0) is 17.8. The summed E-state index contributed by atoms with van der Waals surface area (Å²) in [5.41, 5.74) is 3.54. The highest BCUT2D eigenvalue weighted by atomic mass is 35.5. The van der Waals surface area contributed by atoms with Crippen molar-refractivity contribution in [3.05, 3.63) is 34.3 Å². The molecular weight excluding hydrogens is 359 g/mol. The van der Waals surface area contributed by atoms with E-state index < -0.39 is 51.5 Å². The van der Waals surface area contributed by atoms with Gasteiger partial charge in [-0.25, -0.2) is 8.42 Å². The van der Waals surface area contributed by atoms with Gasteiger partial charge in [0.15, 0.2) is 0 Å². The summed E-state index contributed by atoms with van der Waals surface area (Å²) in [5, 5.41) is 8.03. The van der Waals surface area contributed by atoms with E-state index in [1.807, 2.05) is 0 Å². The average Bonchev–Trinajstić information content (AvgIpc) is 2.38. The number of hydrogen-bond donors (Lipinski definition) is 1. The van der Waals surface area contributed by atoms with Crippen LogP contribution >= 0.6 is 11.6 Å². The number of nitrogens with two attached hydrogens (primary N) is 1. The van der Waals surface area contributed by atoms with Gasteiger partial charge in [0.25, 0.3) is 0 Å². The van der Waals surface area contributed by atoms with Crippen LogP contribution in [-0.4, -0.2) is 31.7 Å². The van der Waals surface area contributed by atoms with Crippen LogP contribution in [0.2, 0.25) is 5.02 Å². The smallest absolute Gasteiger partial charge is 0.369 e. The Bertz CT molecular complexity index is 744. The molecular formula is C12H11ClF3N3O3S. The summed E-state index contributed by atoms with van der Waals surface area (Å²) in [5.74, 6) is -1.82. The van der Waals surface area contributed by atoms with Gasteiger partial charge in [0.05, 0.1) is 29.0 Å². The molecule has 23 heavy (non-hydrogen) atoms. The van der Waals surface area contributed by atoms with E-state index in [2.05, 4.69) is 0 Å². The second kappa shape index (κ2) is 7.16. The summed E-state index contributed by atoms with van der Waals surface area (Å²) in [4.78, 5) is 10.9. The number of carbonyl (C=O) groups is 1. The lowest BCUT2D eigenvalue weighted by Crippen LogP contribution is -2.39. The summed E-state index contributed by atoms with van der Waals surface area (Å²) in [7, 11) is -4.21. The molecule has 126 valence electrons. The van der Waals surface area contributed by atoms with Gasteiger partial charge >= 0.3 is 6.18 Å². The molecule has 0 bridgehead atoms. The topological polar surface area (TPSA) is 104 Å². The van der Waals surface area contributed by atoms with Crippen molar-refractivity contribution in [2.24, 2.45) is 5.73 Å². The number of amides is 1. The number of halogens is 4. The molecule has 0 aliphatic heterocycles. The van der Waals surface area contributed by atoms with Gasteiger partial charge in [-0.2, -0.15) is 22.7 Å². The van der Waals surface area contributed by atoms with Gasteiger partial charge in [-0.1, -0.05) is 17.7 Å². The predicted octanol–water partition coefficient (Wildman–Crippen LogP) is 1.50. The molecule has 0 aliphatic carbocycles. The Morgan fingerprint density at radius 3 is 2.48 bits per heavy atom. The van der Waals surface area contributed by atoms with Gasteiger partial charge in [0.1, 0.15) is 6.54 Å². The molecule has 0 unspecified atom stereocenters. The summed E-state index contributed by atoms with van der Waals surface area (Å²) in [6.07, 6.45) is -4.74. The second-order valence-corrected chi connectivity index (χ2v) is 6.84. The highest BCUT2D eigenvalue weighted by molar-refractivity contribution is 7.88. The van der Waals surface area contributed by atoms with Gasteiger partial charge in [-0.15, -0.1) is 0 Å². The Labute approximate surface area is 135 Å². The molecule has 0 heterocycles. The third kappa shape index (κ3) is 5.38. The number of alkyl halides is 3. The highest BCUT2D eigenvalue weighted by Gasteiger charge is 2.34. The minimum atomic E-state index is -4.74. The fourth-order valence-electron chi connectivity index (χ4n) is 1.69. The van der Waals surface area contributed by atoms with Gasteiger partial charge in [0, 0.05) is 0 Å². The third-order valence-corrected chi connectivity index (χ3v) is 4.73. The van der Waals surface area contributed by atoms with Crippen LogP contribution in [0.3, 0.4) is 0 Å². The zero-order valence-electron chi connectivity index (χ0n) is 11.5. The van der Waals surface area contributed by atoms with Crippen molar-refractivity contribution in [3.63, 3.8) is 0 Å². The van der Waals surface area contributed by atoms with Gasteiger partial charge in [0.2, 0.25) is 15.9 Å². The van der Waals surface area contributed by atoms with E-state index in [1.54, 1.807) is 6.07 Å². The van der Waals surface area contributed by atoms with E-state index in [-0.39, 0.29) is 5.56 Å². The number of carbonyl (C=O) groups excluding carboxylic acids is 1. The standard InChI is InChI=1S/C12H11ClF3N3O3S/c13-10-2-1-8(5-9(10)12(14,15)16)7-23(21,22)19(4-3-17)6-11(18)20/h1-2,5H,4,6-7H2,(H2,18,20). The Morgan fingerprint density at radius 2 is 2.00 bits per heavy atom. The fraction of sp³-hybridized carbons (Fsp3) is 0.333. The normalized spacial score (nSPS) is 12.2. The van der Waals surface area contributed by atoms with Crippen molar-refractivity contribution in [1.82, 2.24) is 4.31 Å². The first-order chi connectivity index (χ1) is 10.5.